The molecule has 0 fully saturated rings. The highest BCUT2D eigenvalue weighted by molar-refractivity contribution is 8.14. The van der Waals surface area contributed by atoms with Crippen LogP contribution in [0, 0.1) is 0 Å². The Labute approximate surface area is 153 Å². The number of aliphatic imine (C=N–C) groups is 1. The van der Waals surface area contributed by atoms with Crippen molar-refractivity contribution in [3.05, 3.63) is 101 Å². The van der Waals surface area contributed by atoms with Gasteiger partial charge < -0.3 is 0 Å². The fourth-order valence-corrected chi connectivity index (χ4v) is 4.23. The first-order valence-corrected chi connectivity index (χ1v) is 9.58. The molecule has 2 nitrogen and oxygen atoms in total. The zero-order valence-electron chi connectivity index (χ0n) is 14.0. The second kappa shape index (κ2) is 7.66. The highest BCUT2D eigenvalue weighted by atomic mass is 32.2. The van der Waals surface area contributed by atoms with Crippen LogP contribution in [0.4, 0.5) is 0 Å². The normalized spacial score (nSPS) is 16.6. The van der Waals surface area contributed by atoms with Crippen molar-refractivity contribution in [1.29, 1.82) is 0 Å². The molecule has 0 radical (unpaired) electrons. The van der Waals surface area contributed by atoms with Gasteiger partial charge in [-0.15, -0.1) is 11.8 Å². The summed E-state index contributed by atoms with van der Waals surface area (Å²) in [5.41, 5.74) is 5.17. The monoisotopic (exact) mass is 344 g/mol. The number of hydrogen-bond acceptors (Lipinski definition) is 3. The molecule has 0 amide bonds. The summed E-state index contributed by atoms with van der Waals surface area (Å²) in [5.74, 6) is 1.02. The first-order chi connectivity index (χ1) is 12.4. The molecule has 1 aliphatic heterocycles. The Balaban J connectivity index is 1.54. The molecule has 1 aliphatic rings. The summed E-state index contributed by atoms with van der Waals surface area (Å²) in [6.07, 6.45) is 3.65. The molecule has 1 unspecified atom stereocenters. The van der Waals surface area contributed by atoms with Crippen LogP contribution in [0.2, 0.25) is 0 Å². The van der Waals surface area contributed by atoms with Gasteiger partial charge in [-0.3, -0.25) is 9.98 Å². The van der Waals surface area contributed by atoms with E-state index in [1.165, 1.54) is 21.7 Å². The van der Waals surface area contributed by atoms with E-state index >= 15 is 0 Å². The fourth-order valence-electron chi connectivity index (χ4n) is 3.17. The van der Waals surface area contributed by atoms with Crippen molar-refractivity contribution < 1.29 is 0 Å². The molecule has 1 atom stereocenters. The van der Waals surface area contributed by atoms with Crippen LogP contribution >= 0.6 is 11.8 Å². The van der Waals surface area contributed by atoms with Gasteiger partial charge in [0.1, 0.15) is 0 Å². The molecular weight excluding hydrogens is 324 g/mol. The van der Waals surface area contributed by atoms with Crippen LogP contribution < -0.4 is 0 Å². The average Bonchev–Trinajstić information content (AvgIpc) is 3.12. The van der Waals surface area contributed by atoms with E-state index in [1.54, 1.807) is 0 Å². The van der Waals surface area contributed by atoms with Gasteiger partial charge in [0.05, 0.1) is 11.1 Å². The predicted molar refractivity (Wildman–Crippen MR) is 106 cm³/mol. The highest BCUT2D eigenvalue weighted by Crippen LogP contribution is 2.34. The van der Waals surface area contributed by atoms with Gasteiger partial charge in [0, 0.05) is 24.1 Å². The van der Waals surface area contributed by atoms with Crippen molar-refractivity contribution in [3.8, 4) is 0 Å². The van der Waals surface area contributed by atoms with Gasteiger partial charge in [0.25, 0.3) is 0 Å². The molecule has 25 heavy (non-hydrogen) atoms. The molecule has 0 N–H and O–H groups in total. The number of benzene rings is 2. The summed E-state index contributed by atoms with van der Waals surface area (Å²) < 4.78 is 0. The minimum atomic E-state index is 0.253. The molecule has 2 heterocycles. The van der Waals surface area contributed by atoms with Crippen molar-refractivity contribution in [1.82, 2.24) is 4.98 Å². The number of aromatic nitrogens is 1. The lowest BCUT2D eigenvalue weighted by molar-refractivity contribution is 0.830. The molecule has 0 aliphatic carbocycles. The second-order valence-electron chi connectivity index (χ2n) is 6.21. The summed E-state index contributed by atoms with van der Waals surface area (Å²) in [6.45, 7) is 0. The van der Waals surface area contributed by atoms with Gasteiger partial charge in [-0.05, 0) is 35.2 Å². The van der Waals surface area contributed by atoms with Gasteiger partial charge in [-0.2, -0.15) is 0 Å². The van der Waals surface area contributed by atoms with Crippen molar-refractivity contribution in [2.24, 2.45) is 4.99 Å². The van der Waals surface area contributed by atoms with E-state index < -0.39 is 0 Å². The maximum absolute atomic E-state index is 5.00. The molecule has 0 spiro atoms. The Morgan fingerprint density at radius 2 is 1.64 bits per heavy atom. The lowest BCUT2D eigenvalue weighted by atomic mass is 9.96. The molecule has 124 valence electrons. The number of nitrogens with zero attached hydrogens (tertiary/aromatic N) is 2. The zero-order chi connectivity index (χ0) is 16.9. The first kappa shape index (κ1) is 16.1. The number of thioether (sulfide) groups is 1. The van der Waals surface area contributed by atoms with E-state index in [4.69, 9.17) is 4.99 Å². The predicted octanol–water partition coefficient (Wildman–Crippen LogP) is 5.10. The van der Waals surface area contributed by atoms with E-state index in [0.29, 0.717) is 0 Å². The fraction of sp³-hybridized carbons (Fsp3) is 0.182. The van der Waals surface area contributed by atoms with E-state index in [1.807, 2.05) is 30.1 Å². The van der Waals surface area contributed by atoms with E-state index in [2.05, 4.69) is 65.6 Å². The minimum absolute atomic E-state index is 0.253. The SMILES string of the molecule is c1ccc(Cc2ccccc2C2CSC(Cc3ccccn3)=N2)cc1. The second-order valence-corrected chi connectivity index (χ2v) is 7.30. The summed E-state index contributed by atoms with van der Waals surface area (Å²) in [5, 5.41) is 1.19. The van der Waals surface area contributed by atoms with Crippen LogP contribution in [0.25, 0.3) is 0 Å². The third-order valence-electron chi connectivity index (χ3n) is 4.42. The van der Waals surface area contributed by atoms with Crippen LogP contribution in [0.1, 0.15) is 28.4 Å². The maximum atomic E-state index is 5.00. The lowest BCUT2D eigenvalue weighted by Crippen LogP contribution is -2.01. The number of rotatable bonds is 5. The van der Waals surface area contributed by atoms with Gasteiger partial charge in [0.15, 0.2) is 0 Å². The minimum Gasteiger partial charge on any atom is -0.274 e. The maximum Gasteiger partial charge on any atom is 0.0855 e. The standard InChI is InChI=1S/C22H20N2S/c1-2-8-17(9-3-1)14-18-10-4-5-12-20(18)21-16-25-22(24-21)15-19-11-6-7-13-23-19/h1-13,21H,14-16H2. The van der Waals surface area contributed by atoms with Crippen molar-refractivity contribution in [3.63, 3.8) is 0 Å². The highest BCUT2D eigenvalue weighted by Gasteiger charge is 2.22. The molecular formula is C22H20N2S. The summed E-state index contributed by atoms with van der Waals surface area (Å²) in [4.78, 5) is 9.41. The van der Waals surface area contributed by atoms with Crippen molar-refractivity contribution >= 4 is 16.8 Å². The average molecular weight is 344 g/mol. The quantitative estimate of drug-likeness (QED) is 0.643. The molecule has 0 saturated heterocycles. The molecule has 0 bridgehead atoms. The Kier molecular flexibility index (Phi) is 4.93. The van der Waals surface area contributed by atoms with E-state index in [9.17, 15) is 0 Å². The van der Waals surface area contributed by atoms with Gasteiger partial charge in [0.2, 0.25) is 0 Å². The lowest BCUT2D eigenvalue weighted by Gasteiger charge is -2.13. The largest absolute Gasteiger partial charge is 0.274 e. The van der Waals surface area contributed by atoms with E-state index in [-0.39, 0.29) is 6.04 Å². The van der Waals surface area contributed by atoms with Crippen LogP contribution in [-0.2, 0) is 12.8 Å². The molecule has 2 aromatic carbocycles. The Bertz CT molecular complexity index is 859. The molecule has 3 heteroatoms. The van der Waals surface area contributed by atoms with Gasteiger partial charge >= 0.3 is 0 Å². The summed E-state index contributed by atoms with van der Waals surface area (Å²) in [6, 6.07) is 25.7. The summed E-state index contributed by atoms with van der Waals surface area (Å²) in [7, 11) is 0. The first-order valence-electron chi connectivity index (χ1n) is 8.59. The summed E-state index contributed by atoms with van der Waals surface area (Å²) >= 11 is 1.87. The van der Waals surface area contributed by atoms with Crippen LogP contribution in [0.3, 0.4) is 0 Å². The van der Waals surface area contributed by atoms with Crippen LogP contribution in [-0.4, -0.2) is 15.8 Å². The Morgan fingerprint density at radius 1 is 0.840 bits per heavy atom. The smallest absolute Gasteiger partial charge is 0.0855 e. The molecule has 4 rings (SSSR count). The molecule has 3 aromatic rings. The van der Waals surface area contributed by atoms with Crippen LogP contribution in [0.15, 0.2) is 84.0 Å². The van der Waals surface area contributed by atoms with Crippen LogP contribution in [0.5, 0.6) is 0 Å². The van der Waals surface area contributed by atoms with Crippen molar-refractivity contribution in [2.45, 2.75) is 18.9 Å². The van der Waals surface area contributed by atoms with Crippen molar-refractivity contribution in [2.75, 3.05) is 5.75 Å². The Hall–Kier alpha value is -2.39. The van der Waals surface area contributed by atoms with Gasteiger partial charge in [-0.25, -0.2) is 0 Å². The third-order valence-corrected chi connectivity index (χ3v) is 5.48. The number of hydrogen-bond donors (Lipinski definition) is 0. The van der Waals surface area contributed by atoms with E-state index in [0.717, 1.165) is 24.3 Å². The molecule has 1 aromatic heterocycles. The van der Waals surface area contributed by atoms with Gasteiger partial charge in [-0.1, -0.05) is 60.7 Å². The third kappa shape index (κ3) is 3.99. The zero-order valence-corrected chi connectivity index (χ0v) is 14.8. The Morgan fingerprint density at radius 3 is 2.48 bits per heavy atom. The number of pyridine rings is 1. The topological polar surface area (TPSA) is 25.2 Å². The molecule has 0 saturated carbocycles.